The standard InChI is InChI=1S/C25H32N6/c1-7-22-28-21(18-31(22)23(8-1)29-15-4-11-26-13-16-29)17-30-14-3-6-20-10-9-19-5-2-12-27-24(19)25(20)30/h1-2,5,7-8,12,18,20,25-26H,3-4,6,9-11,13-17H2/t20-,25-/m0/s1. The summed E-state index contributed by atoms with van der Waals surface area (Å²) < 4.78 is 2.30. The van der Waals surface area contributed by atoms with Gasteiger partial charge in [0.1, 0.15) is 11.5 Å². The van der Waals surface area contributed by atoms with Gasteiger partial charge >= 0.3 is 0 Å². The number of likely N-dealkylation sites (tertiary alicyclic amines) is 1. The number of piperidine rings is 1. The van der Waals surface area contributed by atoms with E-state index in [1.54, 1.807) is 0 Å². The van der Waals surface area contributed by atoms with Crippen molar-refractivity contribution in [2.24, 2.45) is 5.92 Å². The van der Waals surface area contributed by atoms with Crippen LogP contribution in [0.1, 0.15) is 48.7 Å². The number of pyridine rings is 2. The summed E-state index contributed by atoms with van der Waals surface area (Å²) in [5, 5.41) is 3.51. The Morgan fingerprint density at radius 1 is 1.00 bits per heavy atom. The molecule has 1 aliphatic carbocycles. The van der Waals surface area contributed by atoms with Gasteiger partial charge in [0.25, 0.3) is 0 Å². The number of aromatic nitrogens is 3. The number of nitrogens with zero attached hydrogens (tertiary/aromatic N) is 5. The van der Waals surface area contributed by atoms with E-state index in [1.807, 2.05) is 6.20 Å². The van der Waals surface area contributed by atoms with E-state index >= 15 is 0 Å². The van der Waals surface area contributed by atoms with Gasteiger partial charge in [0.05, 0.1) is 17.4 Å². The number of rotatable bonds is 3. The molecule has 6 nitrogen and oxygen atoms in total. The smallest absolute Gasteiger partial charge is 0.138 e. The molecule has 2 atom stereocenters. The molecule has 162 valence electrons. The first kappa shape index (κ1) is 19.3. The Bertz CT molecular complexity index is 1050. The van der Waals surface area contributed by atoms with Crippen molar-refractivity contribution in [2.75, 3.05) is 37.6 Å². The Balaban J connectivity index is 1.30. The zero-order valence-corrected chi connectivity index (χ0v) is 18.2. The highest BCUT2D eigenvalue weighted by molar-refractivity contribution is 5.52. The minimum atomic E-state index is 0.444. The predicted octanol–water partition coefficient (Wildman–Crippen LogP) is 3.43. The number of fused-ring (bicyclic) bond motifs is 4. The van der Waals surface area contributed by atoms with Crippen molar-refractivity contribution in [3.05, 3.63) is 59.7 Å². The molecule has 3 aromatic rings. The first-order valence-corrected chi connectivity index (χ1v) is 12.0. The van der Waals surface area contributed by atoms with Crippen molar-refractivity contribution in [3.8, 4) is 0 Å². The van der Waals surface area contributed by atoms with Crippen molar-refractivity contribution < 1.29 is 0 Å². The first-order chi connectivity index (χ1) is 15.4. The number of anilines is 1. The van der Waals surface area contributed by atoms with Gasteiger partial charge < -0.3 is 10.2 Å². The quantitative estimate of drug-likeness (QED) is 0.709. The molecule has 0 bridgehead atoms. The van der Waals surface area contributed by atoms with Crippen LogP contribution in [-0.4, -0.2) is 52.0 Å². The van der Waals surface area contributed by atoms with Crippen LogP contribution in [0.2, 0.25) is 0 Å². The molecule has 2 saturated heterocycles. The van der Waals surface area contributed by atoms with Crippen LogP contribution in [0.5, 0.6) is 0 Å². The molecule has 0 unspecified atom stereocenters. The molecule has 5 heterocycles. The number of hydrogen-bond acceptors (Lipinski definition) is 5. The summed E-state index contributed by atoms with van der Waals surface area (Å²) in [5.74, 6) is 1.99. The molecule has 0 aromatic carbocycles. The molecule has 0 saturated carbocycles. The summed E-state index contributed by atoms with van der Waals surface area (Å²) in [7, 11) is 0. The third kappa shape index (κ3) is 3.62. The van der Waals surface area contributed by atoms with Gasteiger partial charge in [0.2, 0.25) is 0 Å². The van der Waals surface area contributed by atoms with Crippen molar-refractivity contribution >= 4 is 11.5 Å². The minimum Gasteiger partial charge on any atom is -0.356 e. The van der Waals surface area contributed by atoms with Crippen LogP contribution < -0.4 is 10.2 Å². The highest BCUT2D eigenvalue weighted by atomic mass is 15.3. The second-order valence-electron chi connectivity index (χ2n) is 9.34. The molecule has 2 aliphatic heterocycles. The topological polar surface area (TPSA) is 48.7 Å². The fraction of sp³-hybridized carbons (Fsp3) is 0.520. The lowest BCUT2D eigenvalue weighted by Gasteiger charge is -2.44. The van der Waals surface area contributed by atoms with Crippen LogP contribution in [0.3, 0.4) is 0 Å². The summed E-state index contributed by atoms with van der Waals surface area (Å²) >= 11 is 0. The highest BCUT2D eigenvalue weighted by Crippen LogP contribution is 2.43. The number of imidazole rings is 1. The molecule has 0 radical (unpaired) electrons. The van der Waals surface area contributed by atoms with Crippen LogP contribution in [-0.2, 0) is 13.0 Å². The normalized spacial score (nSPS) is 24.6. The molecule has 31 heavy (non-hydrogen) atoms. The van der Waals surface area contributed by atoms with E-state index in [0.717, 1.165) is 50.8 Å². The second-order valence-corrected chi connectivity index (χ2v) is 9.34. The summed E-state index contributed by atoms with van der Waals surface area (Å²) in [4.78, 5) is 15.0. The fourth-order valence-electron chi connectivity index (χ4n) is 5.96. The van der Waals surface area contributed by atoms with Gasteiger partial charge in [0.15, 0.2) is 0 Å². The van der Waals surface area contributed by atoms with Gasteiger partial charge in [-0.05, 0) is 74.9 Å². The van der Waals surface area contributed by atoms with E-state index in [1.165, 1.54) is 54.9 Å². The lowest BCUT2D eigenvalue weighted by molar-refractivity contribution is 0.0687. The van der Waals surface area contributed by atoms with Crippen molar-refractivity contribution in [1.29, 1.82) is 0 Å². The fourth-order valence-corrected chi connectivity index (χ4v) is 5.96. The van der Waals surface area contributed by atoms with Crippen LogP contribution in [0, 0.1) is 5.92 Å². The zero-order chi connectivity index (χ0) is 20.6. The maximum Gasteiger partial charge on any atom is 0.138 e. The van der Waals surface area contributed by atoms with E-state index < -0.39 is 0 Å². The molecule has 3 aliphatic rings. The van der Waals surface area contributed by atoms with Crippen molar-refractivity contribution in [2.45, 2.75) is 44.7 Å². The van der Waals surface area contributed by atoms with Crippen LogP contribution in [0.4, 0.5) is 5.82 Å². The number of hydrogen-bond donors (Lipinski definition) is 1. The van der Waals surface area contributed by atoms with Crippen molar-refractivity contribution in [3.63, 3.8) is 0 Å². The number of nitrogens with one attached hydrogen (secondary N) is 1. The molecule has 6 heteroatoms. The molecule has 0 amide bonds. The summed E-state index contributed by atoms with van der Waals surface area (Å²) in [6.07, 6.45) is 10.5. The molecule has 1 N–H and O–H groups in total. The SMILES string of the molecule is c1cnc2c(c1)CC[C@@H]1CCCN(Cc3cn4c(N5CCCNCC5)cccc4n3)[C@H]21. The predicted molar refractivity (Wildman–Crippen MR) is 123 cm³/mol. The summed E-state index contributed by atoms with van der Waals surface area (Å²) in [5.41, 5.74) is 4.99. The lowest BCUT2D eigenvalue weighted by Crippen LogP contribution is -2.41. The highest BCUT2D eigenvalue weighted by Gasteiger charge is 2.37. The van der Waals surface area contributed by atoms with Crippen LogP contribution in [0.15, 0.2) is 42.7 Å². The second kappa shape index (κ2) is 8.24. The minimum absolute atomic E-state index is 0.444. The third-order valence-corrected chi connectivity index (χ3v) is 7.40. The molecular formula is C25H32N6. The van der Waals surface area contributed by atoms with Gasteiger partial charge in [-0.15, -0.1) is 0 Å². The van der Waals surface area contributed by atoms with Crippen LogP contribution >= 0.6 is 0 Å². The van der Waals surface area contributed by atoms with E-state index in [2.05, 4.69) is 56.0 Å². The Hall–Kier alpha value is -2.44. The van der Waals surface area contributed by atoms with Gasteiger partial charge in [-0.2, -0.15) is 0 Å². The van der Waals surface area contributed by atoms with E-state index in [-0.39, 0.29) is 0 Å². The van der Waals surface area contributed by atoms with E-state index in [0.29, 0.717) is 6.04 Å². The van der Waals surface area contributed by atoms with Gasteiger partial charge in [-0.1, -0.05) is 12.1 Å². The van der Waals surface area contributed by atoms with Crippen molar-refractivity contribution in [1.82, 2.24) is 24.6 Å². The Morgan fingerprint density at radius 3 is 3.00 bits per heavy atom. The van der Waals surface area contributed by atoms with Gasteiger partial charge in [-0.3, -0.25) is 14.3 Å². The lowest BCUT2D eigenvalue weighted by atomic mass is 9.77. The first-order valence-electron chi connectivity index (χ1n) is 12.0. The third-order valence-electron chi connectivity index (χ3n) is 7.40. The largest absolute Gasteiger partial charge is 0.356 e. The Morgan fingerprint density at radius 2 is 2.00 bits per heavy atom. The van der Waals surface area contributed by atoms with E-state index in [9.17, 15) is 0 Å². The maximum atomic E-state index is 5.04. The average molecular weight is 417 g/mol. The maximum absolute atomic E-state index is 5.04. The summed E-state index contributed by atoms with van der Waals surface area (Å²) in [6.45, 7) is 6.33. The molecule has 2 fully saturated rings. The molecule has 0 spiro atoms. The Kier molecular flexibility index (Phi) is 5.12. The molecule has 6 rings (SSSR count). The van der Waals surface area contributed by atoms with E-state index in [4.69, 9.17) is 9.97 Å². The zero-order valence-electron chi connectivity index (χ0n) is 18.2. The molecule has 3 aromatic heterocycles. The summed E-state index contributed by atoms with van der Waals surface area (Å²) in [6, 6.07) is 11.3. The molecular weight excluding hydrogens is 384 g/mol. The van der Waals surface area contributed by atoms with Crippen LogP contribution in [0.25, 0.3) is 5.65 Å². The van der Waals surface area contributed by atoms with Gasteiger partial charge in [-0.25, -0.2) is 4.98 Å². The number of aryl methyl sites for hydroxylation is 1. The Labute approximate surface area is 184 Å². The monoisotopic (exact) mass is 416 g/mol. The average Bonchev–Trinajstić information content (AvgIpc) is 3.03. The van der Waals surface area contributed by atoms with Gasteiger partial charge in [0, 0.05) is 38.6 Å².